The van der Waals surface area contributed by atoms with Crippen molar-refractivity contribution in [3.63, 3.8) is 0 Å². The van der Waals surface area contributed by atoms with Crippen molar-refractivity contribution < 1.29 is 27.5 Å². The smallest absolute Gasteiger partial charge is 0.408 e. The first-order valence-corrected chi connectivity index (χ1v) is 9.24. The number of carboxylic acids is 1. The van der Waals surface area contributed by atoms with Crippen molar-refractivity contribution in [3.8, 4) is 0 Å². The van der Waals surface area contributed by atoms with Crippen LogP contribution in [-0.4, -0.2) is 21.9 Å². The zero-order valence-electron chi connectivity index (χ0n) is 15.3. The molecule has 4 rings (SSSR count). The van der Waals surface area contributed by atoms with Crippen molar-refractivity contribution in [3.05, 3.63) is 52.1 Å². The highest BCUT2D eigenvalue weighted by molar-refractivity contribution is 5.81. The summed E-state index contributed by atoms with van der Waals surface area (Å²) >= 11 is 0. The number of aryl methyl sites for hydroxylation is 1. The van der Waals surface area contributed by atoms with Gasteiger partial charge in [0.25, 0.3) is 0 Å². The number of hydrogen-bond acceptors (Lipinski definition) is 3. The van der Waals surface area contributed by atoms with Gasteiger partial charge in [0.15, 0.2) is 0 Å². The van der Waals surface area contributed by atoms with Gasteiger partial charge in [-0.3, -0.25) is 4.68 Å². The normalized spacial score (nSPS) is 22.2. The summed E-state index contributed by atoms with van der Waals surface area (Å²) in [7, 11) is 0. The van der Waals surface area contributed by atoms with Crippen molar-refractivity contribution >= 4 is 5.97 Å². The first-order chi connectivity index (χ1) is 13.1. The summed E-state index contributed by atoms with van der Waals surface area (Å²) in [5.74, 6) is -1.89. The van der Waals surface area contributed by atoms with Gasteiger partial charge >= 0.3 is 6.18 Å². The summed E-state index contributed by atoms with van der Waals surface area (Å²) in [5.41, 5.74) is 0.624. The van der Waals surface area contributed by atoms with E-state index in [2.05, 4.69) is 5.10 Å². The zero-order valence-corrected chi connectivity index (χ0v) is 15.3. The van der Waals surface area contributed by atoms with Gasteiger partial charge < -0.3 is 9.90 Å². The Bertz CT molecular complexity index is 946. The second kappa shape index (κ2) is 6.32. The molecule has 2 aliphatic rings. The third-order valence-corrected chi connectivity index (χ3v) is 5.91. The lowest BCUT2D eigenvalue weighted by atomic mass is 9.67. The molecule has 1 fully saturated rings. The third kappa shape index (κ3) is 3.08. The van der Waals surface area contributed by atoms with Gasteiger partial charge in [-0.15, -0.1) is 0 Å². The topological polar surface area (TPSA) is 57.9 Å². The molecule has 4 nitrogen and oxygen atoms in total. The van der Waals surface area contributed by atoms with Crippen LogP contribution in [0, 0.1) is 12.7 Å². The maximum absolute atomic E-state index is 14.1. The molecular weight excluding hydrogens is 376 g/mol. The van der Waals surface area contributed by atoms with Crippen molar-refractivity contribution in [2.75, 3.05) is 0 Å². The minimum absolute atomic E-state index is 0.0291. The molecular formula is C20H19F4N2O2-. The Morgan fingerprint density at radius 2 is 2.07 bits per heavy atom. The molecule has 0 N–H and O–H groups in total. The van der Waals surface area contributed by atoms with Gasteiger partial charge in [-0.1, -0.05) is 12.1 Å². The lowest BCUT2D eigenvalue weighted by Crippen LogP contribution is -2.50. The van der Waals surface area contributed by atoms with E-state index >= 15 is 0 Å². The van der Waals surface area contributed by atoms with Gasteiger partial charge in [0.2, 0.25) is 0 Å². The number of halogens is 4. The predicted octanol–water partition coefficient (Wildman–Crippen LogP) is 2.95. The molecule has 0 radical (unpaired) electrons. The Hall–Kier alpha value is -2.38. The molecule has 2 aliphatic carbocycles. The molecule has 28 heavy (non-hydrogen) atoms. The van der Waals surface area contributed by atoms with Crippen LogP contribution < -0.4 is 5.11 Å². The minimum atomic E-state index is -4.41. The number of aromatic nitrogens is 2. The van der Waals surface area contributed by atoms with E-state index in [0.29, 0.717) is 22.5 Å². The van der Waals surface area contributed by atoms with E-state index in [0.717, 1.165) is 17.5 Å². The summed E-state index contributed by atoms with van der Waals surface area (Å²) in [6.45, 7) is 0.322. The summed E-state index contributed by atoms with van der Waals surface area (Å²) in [4.78, 5) is 12.2. The van der Waals surface area contributed by atoms with E-state index < -0.39 is 29.9 Å². The Labute approximate surface area is 159 Å². The monoisotopic (exact) mass is 395 g/mol. The Morgan fingerprint density at radius 3 is 2.68 bits per heavy atom. The second-order valence-corrected chi connectivity index (χ2v) is 7.82. The number of fused-ring (bicyclic) bond motifs is 1. The largest absolute Gasteiger partial charge is 0.549 e. The van der Waals surface area contributed by atoms with Crippen LogP contribution in [0.2, 0.25) is 0 Å². The molecule has 2 aromatic rings. The van der Waals surface area contributed by atoms with Crippen LogP contribution in [0.1, 0.15) is 53.3 Å². The standard InChI is InChI=1S/C20H20F4N2O2/c1-11-14(3-2-4-15(11)21)19(18(27)28)8-7-16-13(9-19)17(12-5-6-12)26(25-16)10-20(22,23)24/h2-4,12H,5-10H2,1H3,(H,27,28)/p-1. The number of carbonyl (C=O) groups is 1. The first-order valence-electron chi connectivity index (χ1n) is 9.24. The number of carboxylic acid groups (broad SMARTS) is 1. The Balaban J connectivity index is 1.83. The lowest BCUT2D eigenvalue weighted by Gasteiger charge is -2.39. The second-order valence-electron chi connectivity index (χ2n) is 7.82. The molecule has 0 saturated heterocycles. The number of carbonyl (C=O) groups excluding carboxylic acids is 1. The molecule has 1 unspecified atom stereocenters. The van der Waals surface area contributed by atoms with Crippen LogP contribution in [0.4, 0.5) is 17.6 Å². The number of nitrogens with zero attached hydrogens (tertiary/aromatic N) is 2. The number of aliphatic carboxylic acids is 1. The van der Waals surface area contributed by atoms with Gasteiger partial charge in [0.05, 0.1) is 11.7 Å². The van der Waals surface area contributed by atoms with Crippen LogP contribution in [0.25, 0.3) is 0 Å². The number of hydrogen-bond donors (Lipinski definition) is 0. The van der Waals surface area contributed by atoms with Crippen molar-refractivity contribution in [1.29, 1.82) is 0 Å². The van der Waals surface area contributed by atoms with Crippen LogP contribution >= 0.6 is 0 Å². The van der Waals surface area contributed by atoms with Crippen molar-refractivity contribution in [2.24, 2.45) is 0 Å². The fraction of sp³-hybridized carbons (Fsp3) is 0.500. The number of rotatable bonds is 4. The molecule has 150 valence electrons. The maximum Gasteiger partial charge on any atom is 0.408 e. The zero-order chi connectivity index (χ0) is 20.3. The van der Waals surface area contributed by atoms with Gasteiger partial charge in [-0.2, -0.15) is 18.3 Å². The van der Waals surface area contributed by atoms with Gasteiger partial charge in [0, 0.05) is 17.0 Å². The summed E-state index contributed by atoms with van der Waals surface area (Å²) in [6.07, 6.45) is -2.61. The quantitative estimate of drug-likeness (QED) is 0.748. The van der Waals surface area contributed by atoms with E-state index in [4.69, 9.17) is 0 Å². The molecule has 0 amide bonds. The highest BCUT2D eigenvalue weighted by Gasteiger charge is 2.44. The molecule has 1 aromatic carbocycles. The van der Waals surface area contributed by atoms with E-state index in [1.54, 1.807) is 6.07 Å². The fourth-order valence-electron chi connectivity index (χ4n) is 4.42. The average Bonchev–Trinajstić information content (AvgIpc) is 3.37. The molecule has 1 aromatic heterocycles. The minimum Gasteiger partial charge on any atom is -0.549 e. The lowest BCUT2D eigenvalue weighted by molar-refractivity contribution is -0.314. The van der Waals surface area contributed by atoms with E-state index in [-0.39, 0.29) is 30.7 Å². The highest BCUT2D eigenvalue weighted by atomic mass is 19.4. The molecule has 0 bridgehead atoms. The van der Waals surface area contributed by atoms with Gasteiger partial charge in [-0.05, 0) is 61.8 Å². The molecule has 8 heteroatoms. The van der Waals surface area contributed by atoms with Crippen molar-refractivity contribution in [2.45, 2.75) is 63.1 Å². The first kappa shape index (κ1) is 19.0. The van der Waals surface area contributed by atoms with Crippen molar-refractivity contribution in [1.82, 2.24) is 9.78 Å². The molecule has 1 atom stereocenters. The maximum atomic E-state index is 14.1. The summed E-state index contributed by atoms with van der Waals surface area (Å²) < 4.78 is 54.1. The highest BCUT2D eigenvalue weighted by Crippen LogP contribution is 2.48. The summed E-state index contributed by atoms with van der Waals surface area (Å²) in [6, 6.07) is 4.27. The molecule has 1 saturated carbocycles. The Morgan fingerprint density at radius 1 is 1.36 bits per heavy atom. The van der Waals surface area contributed by atoms with Gasteiger partial charge in [-0.25, -0.2) is 4.39 Å². The summed E-state index contributed by atoms with van der Waals surface area (Å²) in [5, 5.41) is 16.4. The van der Waals surface area contributed by atoms with E-state index in [1.807, 2.05) is 0 Å². The third-order valence-electron chi connectivity index (χ3n) is 5.91. The number of benzene rings is 1. The van der Waals surface area contributed by atoms with Crippen LogP contribution in [0.15, 0.2) is 18.2 Å². The van der Waals surface area contributed by atoms with E-state index in [9.17, 15) is 27.5 Å². The number of alkyl halides is 3. The van der Waals surface area contributed by atoms with E-state index in [1.165, 1.54) is 19.1 Å². The molecule has 0 spiro atoms. The molecule has 0 aliphatic heterocycles. The SMILES string of the molecule is Cc1c(F)cccc1C1(C(=O)[O-])CCc2nn(CC(F)(F)F)c(C3CC3)c2C1. The average molecular weight is 395 g/mol. The van der Waals surface area contributed by atoms with Crippen LogP contribution in [0.3, 0.4) is 0 Å². The fourth-order valence-corrected chi connectivity index (χ4v) is 4.42. The predicted molar refractivity (Wildman–Crippen MR) is 90.1 cm³/mol. The van der Waals surface area contributed by atoms with Crippen LogP contribution in [-0.2, 0) is 29.6 Å². The molecule has 1 heterocycles. The van der Waals surface area contributed by atoms with Gasteiger partial charge in [0.1, 0.15) is 12.4 Å². The Kier molecular flexibility index (Phi) is 4.28. The van der Waals surface area contributed by atoms with Crippen LogP contribution in [0.5, 0.6) is 0 Å².